The largest absolute Gasteiger partial charge is 0.344 e. The van der Waals surface area contributed by atoms with E-state index in [0.29, 0.717) is 0 Å². The van der Waals surface area contributed by atoms with Crippen molar-refractivity contribution < 1.29 is 0 Å². The van der Waals surface area contributed by atoms with Gasteiger partial charge in [0, 0.05) is 13.6 Å². The Morgan fingerprint density at radius 1 is 1.44 bits per heavy atom. The third kappa shape index (κ3) is 2.71. The number of aromatic amines is 1. The summed E-state index contributed by atoms with van der Waals surface area (Å²) in [7, 11) is 1.73. The highest BCUT2D eigenvalue weighted by Crippen LogP contribution is 1.98. The van der Waals surface area contributed by atoms with Gasteiger partial charge in [-0.2, -0.15) is 0 Å². The molecule has 0 saturated heterocycles. The molecule has 0 aliphatic carbocycles. The molecule has 2 aliphatic heterocycles. The molecule has 1 aromatic rings. The van der Waals surface area contributed by atoms with Crippen LogP contribution in [-0.2, 0) is 0 Å². The summed E-state index contributed by atoms with van der Waals surface area (Å²) < 4.78 is 0. The second-order valence-electron chi connectivity index (χ2n) is 3.67. The Morgan fingerprint density at radius 2 is 2.33 bits per heavy atom. The highest BCUT2D eigenvalue weighted by Gasteiger charge is 2.05. The molecule has 3 rings (SSSR count). The molecule has 0 fully saturated rings. The normalized spacial score (nSPS) is 20.6. The minimum atomic E-state index is 0.775. The number of rotatable bonds is 0. The Kier molecular flexibility index (Phi) is 4.01. The zero-order valence-corrected chi connectivity index (χ0v) is 10.5. The molecule has 2 aliphatic rings. The summed E-state index contributed by atoms with van der Waals surface area (Å²) >= 11 is 0. The lowest BCUT2D eigenvalue weighted by Crippen LogP contribution is -2.27. The quantitative estimate of drug-likeness (QED) is 0.661. The molecule has 0 unspecified atom stereocenters. The first-order valence-corrected chi connectivity index (χ1v) is 5.81. The number of aliphatic imine (C=N–C) groups is 2. The summed E-state index contributed by atoms with van der Waals surface area (Å²) in [5.74, 6) is 0.775. The number of hydrogen-bond acceptors (Lipinski definition) is 4. The van der Waals surface area contributed by atoms with Crippen molar-refractivity contribution in [3.05, 3.63) is 28.9 Å². The number of hydrogen-bond donors (Lipinski definition) is 2. The van der Waals surface area contributed by atoms with E-state index >= 15 is 0 Å². The van der Waals surface area contributed by atoms with Gasteiger partial charge in [-0.25, -0.2) is 9.98 Å². The van der Waals surface area contributed by atoms with Crippen molar-refractivity contribution in [2.45, 2.75) is 13.3 Å². The fourth-order valence-electron chi connectivity index (χ4n) is 1.64. The van der Waals surface area contributed by atoms with E-state index in [1.165, 1.54) is 0 Å². The fraction of sp³-hybridized carbons (Fsp3) is 0.333. The van der Waals surface area contributed by atoms with Crippen molar-refractivity contribution >= 4 is 18.3 Å². The Hall–Kier alpha value is -2.24. The van der Waals surface area contributed by atoms with Crippen molar-refractivity contribution in [1.29, 1.82) is 0 Å². The molecule has 2 N–H and O–H groups in total. The second kappa shape index (κ2) is 5.90. The molecule has 0 saturated carbocycles. The number of fused-ring (bicyclic) bond motifs is 1. The summed E-state index contributed by atoms with van der Waals surface area (Å²) in [6.45, 7) is 2.83. The van der Waals surface area contributed by atoms with Crippen molar-refractivity contribution in [1.82, 2.24) is 15.3 Å². The third-order valence-electron chi connectivity index (χ3n) is 2.54. The maximum atomic E-state index is 4.18. The van der Waals surface area contributed by atoms with Gasteiger partial charge in [-0.1, -0.05) is 12.2 Å². The van der Waals surface area contributed by atoms with Crippen LogP contribution in [-0.4, -0.2) is 35.7 Å². The van der Waals surface area contributed by atoms with Gasteiger partial charge >= 0.3 is 0 Å². The number of nitrogens with one attached hydrogen (secondary N) is 2. The van der Waals surface area contributed by atoms with Gasteiger partial charge < -0.3 is 10.3 Å². The van der Waals surface area contributed by atoms with Crippen molar-refractivity contribution in [3.63, 3.8) is 0 Å². The molecule has 0 atom stereocenters. The first-order valence-electron chi connectivity index (χ1n) is 5.81. The number of imidazole rings is 1. The van der Waals surface area contributed by atoms with Crippen LogP contribution in [0.1, 0.15) is 13.3 Å². The van der Waals surface area contributed by atoms with Crippen LogP contribution in [0.25, 0.3) is 6.08 Å². The maximum absolute atomic E-state index is 4.18. The van der Waals surface area contributed by atoms with E-state index in [-0.39, 0.29) is 0 Å². The Labute approximate surface area is 105 Å². The Morgan fingerprint density at radius 3 is 3.00 bits per heavy atom. The minimum Gasteiger partial charge on any atom is -0.344 e. The van der Waals surface area contributed by atoms with Gasteiger partial charge in [-0.15, -0.1) is 0 Å². The van der Waals surface area contributed by atoms with Crippen molar-refractivity contribution in [2.75, 3.05) is 13.6 Å². The first kappa shape index (κ1) is 12.2. The molecule has 18 heavy (non-hydrogen) atoms. The van der Waals surface area contributed by atoms with Crippen LogP contribution in [0.3, 0.4) is 0 Å². The topological polar surface area (TPSA) is 77.8 Å². The lowest BCUT2D eigenvalue weighted by atomic mass is 10.3. The van der Waals surface area contributed by atoms with Crippen LogP contribution in [0.4, 0.5) is 0 Å². The third-order valence-corrected chi connectivity index (χ3v) is 2.54. The number of nitrogens with zero attached hydrogens (tertiary/aromatic N) is 4. The molecule has 0 spiro atoms. The number of amidine groups is 1. The lowest BCUT2D eigenvalue weighted by Gasteiger charge is -1.92. The Balaban J connectivity index is 0.000000134. The first-order chi connectivity index (χ1) is 8.85. The molecular weight excluding hydrogens is 228 g/mol. The van der Waals surface area contributed by atoms with E-state index in [4.69, 9.17) is 0 Å². The second-order valence-corrected chi connectivity index (χ2v) is 3.67. The van der Waals surface area contributed by atoms with Crippen LogP contribution in [0, 0.1) is 0 Å². The smallest absolute Gasteiger partial charge is 0.172 e. The summed E-state index contributed by atoms with van der Waals surface area (Å²) in [4.78, 5) is 19.1. The van der Waals surface area contributed by atoms with Gasteiger partial charge in [0.25, 0.3) is 0 Å². The van der Waals surface area contributed by atoms with Gasteiger partial charge in [0.1, 0.15) is 0 Å². The fourth-order valence-corrected chi connectivity index (χ4v) is 1.64. The molecule has 6 nitrogen and oxygen atoms in total. The monoisotopic (exact) mass is 244 g/mol. The summed E-state index contributed by atoms with van der Waals surface area (Å²) in [6, 6.07) is 0. The van der Waals surface area contributed by atoms with E-state index in [9.17, 15) is 0 Å². The molecule has 0 radical (unpaired) electrons. The van der Waals surface area contributed by atoms with E-state index in [1.54, 1.807) is 19.7 Å². The van der Waals surface area contributed by atoms with Crippen LogP contribution in [0.5, 0.6) is 0 Å². The van der Waals surface area contributed by atoms with Crippen LogP contribution >= 0.6 is 0 Å². The lowest BCUT2D eigenvalue weighted by molar-refractivity contribution is 0.930. The molecule has 0 amide bonds. The molecule has 0 aromatic carbocycles. The van der Waals surface area contributed by atoms with Crippen LogP contribution in [0.2, 0.25) is 0 Å². The van der Waals surface area contributed by atoms with Gasteiger partial charge in [0.15, 0.2) is 11.3 Å². The standard InChI is InChI=1S/C6H7N3.C6H9N3/c1-2-5-6(7-3-1)9-4-8-5;1-3-5-6(7-2)9-4-8-5/h2,4H,1,3H2,(H,7,8,9);3-4H,1-2H3,(H,7,8,9)/b;5-3+. The van der Waals surface area contributed by atoms with Gasteiger partial charge in [-0.05, 0) is 13.3 Å². The maximum Gasteiger partial charge on any atom is 0.172 e. The average Bonchev–Trinajstić information content (AvgIpc) is 3.07. The zero-order valence-electron chi connectivity index (χ0n) is 10.5. The molecule has 6 heteroatoms. The number of aromatic nitrogens is 2. The molecule has 94 valence electrons. The predicted octanol–water partition coefficient (Wildman–Crippen LogP) is -0.236. The number of H-pyrrole nitrogens is 1. The van der Waals surface area contributed by atoms with Crippen LogP contribution < -0.4 is 16.2 Å². The SMILES string of the molecule is C/C=C1/NC=NC1=NC.C1=c2[nH]cnc2=NCC1. The molecule has 1 aromatic heterocycles. The predicted molar refractivity (Wildman–Crippen MR) is 72.1 cm³/mol. The number of allylic oxidation sites excluding steroid dienone is 1. The minimum absolute atomic E-state index is 0.775. The molecule has 0 bridgehead atoms. The average molecular weight is 244 g/mol. The van der Waals surface area contributed by atoms with E-state index in [0.717, 1.165) is 35.3 Å². The van der Waals surface area contributed by atoms with E-state index in [1.807, 2.05) is 13.0 Å². The van der Waals surface area contributed by atoms with Crippen molar-refractivity contribution in [3.8, 4) is 0 Å². The van der Waals surface area contributed by atoms with E-state index < -0.39 is 0 Å². The van der Waals surface area contributed by atoms with Crippen molar-refractivity contribution in [2.24, 2.45) is 15.0 Å². The van der Waals surface area contributed by atoms with Gasteiger partial charge in [0.2, 0.25) is 0 Å². The van der Waals surface area contributed by atoms with Crippen LogP contribution in [0.15, 0.2) is 33.1 Å². The highest BCUT2D eigenvalue weighted by atomic mass is 15.1. The molecule has 3 heterocycles. The van der Waals surface area contributed by atoms with E-state index in [2.05, 4.69) is 36.3 Å². The summed E-state index contributed by atoms with van der Waals surface area (Å²) in [5, 5.41) is 4.02. The van der Waals surface area contributed by atoms with Gasteiger partial charge in [0.05, 0.1) is 23.7 Å². The Bertz CT molecular complexity index is 574. The van der Waals surface area contributed by atoms with Gasteiger partial charge in [-0.3, -0.25) is 9.98 Å². The summed E-state index contributed by atoms with van der Waals surface area (Å²) in [5.41, 5.74) is 1.85. The molecular formula is C12H16N6. The highest BCUT2D eigenvalue weighted by molar-refractivity contribution is 6.07. The zero-order chi connectivity index (χ0) is 12.8. The summed E-state index contributed by atoms with van der Waals surface area (Å²) in [6.07, 6.45) is 8.41.